The van der Waals surface area contributed by atoms with Gasteiger partial charge in [-0.2, -0.15) is 20.4 Å². The predicted octanol–water partition coefficient (Wildman–Crippen LogP) is 5.81. The van der Waals surface area contributed by atoms with E-state index in [2.05, 4.69) is 73.6 Å². The Labute approximate surface area is 494 Å². The van der Waals surface area contributed by atoms with Crippen LogP contribution in [0.3, 0.4) is 0 Å². The number of carbonyl (C=O) groups excluding carboxylic acids is 3. The zero-order valence-corrected chi connectivity index (χ0v) is 50.0. The lowest BCUT2D eigenvalue weighted by Gasteiger charge is -2.20. The minimum absolute atomic E-state index is 0.0125. The third kappa shape index (κ3) is 20.6. The molecule has 438 valence electrons. The van der Waals surface area contributed by atoms with Crippen LogP contribution in [0.25, 0.3) is 45.3 Å². The van der Waals surface area contributed by atoms with Crippen molar-refractivity contribution >= 4 is 46.2 Å². The molecule has 0 saturated carbocycles. The number of aryl methyl sites for hydroxylation is 2. The van der Waals surface area contributed by atoms with Crippen molar-refractivity contribution in [1.29, 1.82) is 0 Å². The molecule has 2 atom stereocenters. The lowest BCUT2D eigenvalue weighted by atomic mass is 9.97. The quantitative estimate of drug-likeness (QED) is 0.0353. The Kier molecular flexibility index (Phi) is 25.5. The Balaban J connectivity index is 0.000000257. The second-order valence-corrected chi connectivity index (χ2v) is 19.4. The van der Waals surface area contributed by atoms with E-state index in [1.807, 2.05) is 93.8 Å². The van der Waals surface area contributed by atoms with Crippen LogP contribution < -0.4 is 37.0 Å². The minimum Gasteiger partial charge on any atom is -0.490 e. The molecule has 0 aliphatic carbocycles. The van der Waals surface area contributed by atoms with Crippen molar-refractivity contribution in [2.75, 3.05) is 24.7 Å². The van der Waals surface area contributed by atoms with Gasteiger partial charge in [-0.05, 0) is 58.6 Å². The maximum Gasteiger partial charge on any atom is 0.326 e. The highest BCUT2D eigenvalue weighted by atomic mass is 127. The van der Waals surface area contributed by atoms with Gasteiger partial charge in [0, 0.05) is 87.7 Å². The fraction of sp³-hybridized carbons (Fsp3) is 0.345. The van der Waals surface area contributed by atoms with Crippen molar-refractivity contribution in [1.82, 2.24) is 69.7 Å². The molecule has 2 aromatic carbocycles. The van der Waals surface area contributed by atoms with Crippen molar-refractivity contribution in [3.05, 3.63) is 154 Å². The SMILES string of the molecule is CC(=O)N[C@H](C(=O)CCCOc1cnc(-c2cccc(Cn3nc(-c4cnn(C)c4)ccc3=O)c2)nc1)C(C)C.CC(=O)N[C@H](C(=O)O)C(C)C.CI.Cn1cc(-c2ccc(=O)n(Cc3cccc(-c4ncc(OCCN)cn4)c3)n2)cn1. The number of halogens is 1. The number of ketones is 1. The number of hydrogen-bond donors (Lipinski definition) is 4. The molecule has 0 saturated heterocycles. The van der Waals surface area contributed by atoms with Crippen LogP contribution in [0.2, 0.25) is 0 Å². The number of benzene rings is 2. The van der Waals surface area contributed by atoms with Crippen LogP contribution in [-0.2, 0) is 46.4 Å². The van der Waals surface area contributed by atoms with Crippen LogP contribution >= 0.6 is 22.6 Å². The van der Waals surface area contributed by atoms with Crippen LogP contribution in [0.5, 0.6) is 11.5 Å². The maximum atomic E-state index is 12.5. The number of alkyl halides is 1. The monoisotopic (exact) mass is 1250 g/mol. The third-order valence-electron chi connectivity index (χ3n) is 11.9. The van der Waals surface area contributed by atoms with Gasteiger partial charge in [0.2, 0.25) is 11.8 Å². The molecule has 5 N–H and O–H groups in total. The van der Waals surface area contributed by atoms with Gasteiger partial charge in [-0.3, -0.25) is 33.3 Å². The largest absolute Gasteiger partial charge is 0.490 e. The topological polar surface area (TPSA) is 314 Å². The highest BCUT2D eigenvalue weighted by molar-refractivity contribution is 14.1. The van der Waals surface area contributed by atoms with Gasteiger partial charge in [-0.25, -0.2) is 34.1 Å². The zero-order chi connectivity index (χ0) is 60.6. The predicted molar refractivity (Wildman–Crippen MR) is 321 cm³/mol. The molecule has 8 rings (SSSR count). The molecule has 6 aromatic heterocycles. The van der Waals surface area contributed by atoms with E-state index in [4.69, 9.17) is 20.3 Å². The van der Waals surface area contributed by atoms with Gasteiger partial charge in [-0.1, -0.05) is 86.7 Å². The third-order valence-corrected chi connectivity index (χ3v) is 11.9. The number of aromatic nitrogens is 12. The Bertz CT molecular complexity index is 3510. The van der Waals surface area contributed by atoms with E-state index in [1.54, 1.807) is 72.5 Å². The maximum absolute atomic E-state index is 12.5. The molecular formula is C58H70IN15O9. The lowest BCUT2D eigenvalue weighted by molar-refractivity contribution is -0.142. The summed E-state index contributed by atoms with van der Waals surface area (Å²) in [5, 5.41) is 31.0. The number of nitrogens with two attached hydrogens (primary N) is 1. The van der Waals surface area contributed by atoms with Crippen molar-refractivity contribution in [2.24, 2.45) is 31.7 Å². The summed E-state index contributed by atoms with van der Waals surface area (Å²) in [5.74, 6) is 0.558. The first-order valence-electron chi connectivity index (χ1n) is 26.4. The van der Waals surface area contributed by atoms with E-state index in [-0.39, 0.29) is 40.6 Å². The number of amides is 2. The standard InChI is InChI=1S/C29H33N7O4.C21H21N7O2.C7H13NO3.CH3I/c1-19(2)28(33-20(3)37)26(38)9-6-12-40-24-15-30-29(31-16-24)22-8-5-7-21(13-22)17-36-27(39)11-10-25(34-36)23-14-32-35(4)18-23;1-27-14-17(10-25-27)19-5-6-20(29)28(26-19)13-15-3-2-4-16(9-15)21-23-11-18(12-24-21)30-8-7-22;1-4(2)6(7(10)11)8-5(3)9;1-2/h5,7-8,10-11,13-16,18-19,28H,6,9,12,17H2,1-4H3,(H,33,37);2-6,9-12,14H,7-8,13,22H2,1H3;4,6H,1-3H3,(H,8,9)(H,10,11);1H3/t28-;;6-;/m0.0./s1. The molecule has 6 heterocycles. The number of Topliss-reactive ketones (excluding diaryl/α,β-unsaturated/α-hetero) is 1. The summed E-state index contributed by atoms with van der Waals surface area (Å²) >= 11 is 2.15. The number of ether oxygens (including phenoxy) is 2. The van der Waals surface area contributed by atoms with Gasteiger partial charge in [0.1, 0.15) is 12.6 Å². The molecule has 24 nitrogen and oxygen atoms in total. The molecule has 25 heteroatoms. The average molecular weight is 1250 g/mol. The number of nitrogens with one attached hydrogen (secondary N) is 2. The molecule has 0 fully saturated rings. The normalized spacial score (nSPS) is 11.4. The smallest absolute Gasteiger partial charge is 0.326 e. The second-order valence-electron chi connectivity index (χ2n) is 19.4. The van der Waals surface area contributed by atoms with Crippen LogP contribution in [-0.4, -0.2) is 125 Å². The molecule has 0 spiro atoms. The Morgan fingerprint density at radius 2 is 1.02 bits per heavy atom. The highest BCUT2D eigenvalue weighted by Crippen LogP contribution is 2.22. The average Bonchev–Trinajstić information content (AvgIpc) is 4.35. The van der Waals surface area contributed by atoms with Crippen LogP contribution in [0.1, 0.15) is 65.5 Å². The fourth-order valence-corrected chi connectivity index (χ4v) is 7.92. The fourth-order valence-electron chi connectivity index (χ4n) is 7.92. The van der Waals surface area contributed by atoms with Crippen molar-refractivity contribution < 1.29 is 33.8 Å². The first-order valence-corrected chi connectivity index (χ1v) is 28.5. The molecule has 0 bridgehead atoms. The molecule has 0 aliphatic heterocycles. The number of rotatable bonds is 22. The lowest BCUT2D eigenvalue weighted by Crippen LogP contribution is -2.43. The van der Waals surface area contributed by atoms with Crippen molar-refractivity contribution in [3.8, 4) is 56.8 Å². The number of carbonyl (C=O) groups is 4. The minimum atomic E-state index is -0.991. The molecule has 0 unspecified atom stereocenters. The van der Waals surface area contributed by atoms with Gasteiger partial charge in [0.05, 0.1) is 74.3 Å². The molecule has 8 aromatic rings. The molecule has 2 amide bonds. The van der Waals surface area contributed by atoms with Gasteiger partial charge in [-0.15, -0.1) is 0 Å². The zero-order valence-electron chi connectivity index (χ0n) is 47.8. The summed E-state index contributed by atoms with van der Waals surface area (Å²) in [5.41, 5.74) is 11.5. The number of nitrogens with zero attached hydrogens (tertiary/aromatic N) is 12. The Morgan fingerprint density at radius 3 is 1.39 bits per heavy atom. The Hall–Kier alpha value is -8.85. The number of carboxylic acids is 1. The van der Waals surface area contributed by atoms with Gasteiger partial charge in [0.15, 0.2) is 28.9 Å². The summed E-state index contributed by atoms with van der Waals surface area (Å²) in [6.07, 6.45) is 14.4. The summed E-state index contributed by atoms with van der Waals surface area (Å²) in [6.45, 7) is 11.8. The number of aliphatic carboxylic acids is 1. The van der Waals surface area contributed by atoms with E-state index in [0.717, 1.165) is 33.4 Å². The van der Waals surface area contributed by atoms with Crippen molar-refractivity contribution in [2.45, 2.75) is 79.6 Å². The highest BCUT2D eigenvalue weighted by Gasteiger charge is 2.23. The van der Waals surface area contributed by atoms with E-state index in [9.17, 15) is 28.8 Å². The first-order chi connectivity index (χ1) is 39.8. The Morgan fingerprint density at radius 1 is 0.602 bits per heavy atom. The van der Waals surface area contributed by atoms with E-state index < -0.39 is 18.1 Å². The molecule has 0 aliphatic rings. The summed E-state index contributed by atoms with van der Waals surface area (Å²) in [6, 6.07) is 20.5. The van der Waals surface area contributed by atoms with Gasteiger partial charge >= 0.3 is 5.97 Å². The van der Waals surface area contributed by atoms with Crippen LogP contribution in [0.4, 0.5) is 0 Å². The van der Waals surface area contributed by atoms with Gasteiger partial charge < -0.3 is 30.9 Å². The van der Waals surface area contributed by atoms with Crippen LogP contribution in [0, 0.1) is 11.8 Å². The number of carboxylic acid groups (broad SMARTS) is 1. The van der Waals surface area contributed by atoms with E-state index in [0.29, 0.717) is 80.2 Å². The summed E-state index contributed by atoms with van der Waals surface area (Å²) in [7, 11) is 3.66. The number of hydrogen-bond acceptors (Lipinski definition) is 17. The second kappa shape index (κ2) is 32.6. The molecule has 0 radical (unpaired) electrons. The summed E-state index contributed by atoms with van der Waals surface area (Å²) in [4.78, 5) is 89.1. The molecule has 83 heavy (non-hydrogen) atoms. The van der Waals surface area contributed by atoms with Gasteiger partial charge in [0.25, 0.3) is 11.1 Å². The summed E-state index contributed by atoms with van der Waals surface area (Å²) < 4.78 is 17.4. The van der Waals surface area contributed by atoms with Crippen molar-refractivity contribution in [3.63, 3.8) is 0 Å². The molecular weight excluding hydrogens is 1180 g/mol. The van der Waals surface area contributed by atoms with E-state index >= 15 is 0 Å². The van der Waals surface area contributed by atoms with Crippen LogP contribution in [0.15, 0.2) is 132 Å². The van der Waals surface area contributed by atoms with E-state index in [1.165, 1.54) is 35.3 Å². The first kappa shape index (κ1) is 65.0.